The Labute approximate surface area is 248 Å². The molecule has 2 atom stereocenters. The lowest BCUT2D eigenvalue weighted by Gasteiger charge is -2.56. The minimum absolute atomic E-state index is 0.590. The van der Waals surface area contributed by atoms with Gasteiger partial charge >= 0.3 is 0 Å². The van der Waals surface area contributed by atoms with E-state index >= 15 is 0 Å². The predicted molar refractivity (Wildman–Crippen MR) is 166 cm³/mol. The van der Waals surface area contributed by atoms with E-state index in [1.54, 1.807) is 0 Å². The number of ether oxygens (including phenoxy) is 1. The third kappa shape index (κ3) is 3.46. The van der Waals surface area contributed by atoms with Gasteiger partial charge in [0.05, 0.1) is 5.41 Å². The number of nitrogens with one attached hydrogen (secondary N) is 3. The maximum atomic E-state index is 7.63. The molecule has 3 aromatic heterocycles. The number of allylic oxidation sites excluding steroid dienone is 2. The number of fused-ring (bicyclic) bond motifs is 3. The van der Waals surface area contributed by atoms with Gasteiger partial charge in [0.1, 0.15) is 27.6 Å². The Kier molecular flexibility index (Phi) is 6.05. The van der Waals surface area contributed by atoms with Gasteiger partial charge in [-0.1, -0.05) is 61.4 Å². The van der Waals surface area contributed by atoms with Gasteiger partial charge in [0.2, 0.25) is 0 Å². The van der Waals surface area contributed by atoms with Crippen molar-refractivity contribution in [2.24, 2.45) is 0 Å². The molecule has 0 amide bonds. The highest BCUT2D eigenvalue weighted by molar-refractivity contribution is 5.87. The first-order valence-corrected chi connectivity index (χ1v) is 14.5. The van der Waals surface area contributed by atoms with Crippen molar-refractivity contribution in [3.8, 4) is 5.75 Å². The molecular weight excluding hydrogens is 538 g/mol. The number of aromatic amines is 3. The van der Waals surface area contributed by atoms with E-state index in [0.29, 0.717) is 16.8 Å². The summed E-state index contributed by atoms with van der Waals surface area (Å²) >= 11 is 0. The fraction of sp³-hybridized carbons (Fsp3) is 0.273. The van der Waals surface area contributed by atoms with Crippen LogP contribution in [0.2, 0.25) is 0 Å². The fourth-order valence-corrected chi connectivity index (χ4v) is 7.26. The van der Waals surface area contributed by atoms with E-state index in [2.05, 4.69) is 82.8 Å². The Morgan fingerprint density at radius 2 is 1.19 bits per heavy atom. The monoisotopic (exact) mass is 571 g/mol. The molecule has 0 saturated heterocycles. The molecule has 3 aromatic carbocycles. The van der Waals surface area contributed by atoms with Crippen LogP contribution in [0, 0.1) is 0 Å². The Morgan fingerprint density at radius 3 is 1.81 bits per heavy atom. The maximum absolute atomic E-state index is 7.63. The first kappa shape index (κ1) is 26.8. The molecule has 0 saturated carbocycles. The molecule has 0 bridgehead atoms. The van der Waals surface area contributed by atoms with Gasteiger partial charge in [0, 0.05) is 11.1 Å². The van der Waals surface area contributed by atoms with Crippen molar-refractivity contribution in [3.63, 3.8) is 0 Å². The number of para-hydroxylation sites is 3. The van der Waals surface area contributed by atoms with Crippen LogP contribution >= 0.6 is 0 Å². The van der Waals surface area contributed by atoms with Crippen LogP contribution in [0.3, 0.4) is 0 Å². The lowest BCUT2D eigenvalue weighted by Crippen LogP contribution is -2.58. The summed E-state index contributed by atoms with van der Waals surface area (Å²) in [5.41, 5.74) is 9.49. The van der Waals surface area contributed by atoms with Gasteiger partial charge in [0.15, 0.2) is 16.9 Å². The van der Waals surface area contributed by atoms with E-state index in [9.17, 15) is 0 Å². The lowest BCUT2D eigenvalue weighted by molar-refractivity contribution is 0.0457. The third-order valence-electron chi connectivity index (χ3n) is 9.44. The van der Waals surface area contributed by atoms with Gasteiger partial charge in [-0.25, -0.2) is 0 Å². The summed E-state index contributed by atoms with van der Waals surface area (Å²) in [7, 11) is 0. The third-order valence-corrected chi connectivity index (χ3v) is 9.44. The Balaban J connectivity index is 1.73. The van der Waals surface area contributed by atoms with Crippen molar-refractivity contribution in [1.29, 1.82) is 0 Å². The molecule has 10 heteroatoms. The normalized spacial score (nSPS) is 21.0. The van der Waals surface area contributed by atoms with Gasteiger partial charge in [-0.3, -0.25) is 0 Å². The Bertz CT molecular complexity index is 2110. The summed E-state index contributed by atoms with van der Waals surface area (Å²) in [5.74, 6) is 0.590. The lowest BCUT2D eigenvalue weighted by atomic mass is 9.50. The highest BCUT2D eigenvalue weighted by Gasteiger charge is 2.63. The van der Waals surface area contributed by atoms with Gasteiger partial charge in [0.25, 0.3) is 0 Å². The van der Waals surface area contributed by atoms with Gasteiger partial charge in [-0.05, 0) is 75.1 Å². The predicted octanol–water partition coefficient (Wildman–Crippen LogP) is 6.76. The van der Waals surface area contributed by atoms with E-state index in [4.69, 9.17) is 21.5 Å². The summed E-state index contributed by atoms with van der Waals surface area (Å²) in [6.07, 6.45) is 1.64. The molecule has 3 heterocycles. The minimum atomic E-state index is -1.19. The number of rotatable bonds is 7. The number of benzene rings is 3. The average Bonchev–Trinajstić information content (AvgIpc) is 3.80. The molecule has 43 heavy (non-hydrogen) atoms. The Morgan fingerprint density at radius 1 is 0.674 bits per heavy atom. The van der Waals surface area contributed by atoms with Crippen molar-refractivity contribution in [2.75, 3.05) is 0 Å². The summed E-state index contributed by atoms with van der Waals surface area (Å²) < 4.78 is 7.63. The topological polar surface area (TPSA) is 134 Å². The SMILES string of the molecule is C=C(CCC)C1(c2cccc3n[nH]nc23)C(C)=C(C)C(C)=C(C)C1(Oc1cccc2n[nH]nc12)c1cccc2n[nH]nc12. The van der Waals surface area contributed by atoms with E-state index in [0.717, 1.165) is 68.3 Å². The van der Waals surface area contributed by atoms with Crippen LogP contribution in [0.4, 0.5) is 0 Å². The Hall–Kier alpha value is -5.12. The molecule has 216 valence electrons. The number of H-pyrrole nitrogens is 3. The van der Waals surface area contributed by atoms with Crippen LogP contribution in [0.1, 0.15) is 58.6 Å². The second-order valence-electron chi connectivity index (χ2n) is 11.3. The first-order valence-electron chi connectivity index (χ1n) is 14.5. The molecule has 0 spiro atoms. The zero-order chi connectivity index (χ0) is 29.9. The molecule has 2 unspecified atom stereocenters. The number of hydrogen-bond acceptors (Lipinski definition) is 7. The molecule has 0 aliphatic heterocycles. The summed E-state index contributed by atoms with van der Waals surface area (Å²) in [6.45, 7) is 15.7. The molecule has 0 radical (unpaired) electrons. The minimum Gasteiger partial charge on any atom is -0.474 e. The highest BCUT2D eigenvalue weighted by Crippen LogP contribution is 2.63. The summed E-state index contributed by atoms with van der Waals surface area (Å²) in [5, 5.41) is 35.7. The molecule has 6 aromatic rings. The van der Waals surface area contributed by atoms with Crippen molar-refractivity contribution in [2.45, 2.75) is 58.5 Å². The quantitative estimate of drug-likeness (QED) is 0.180. The second kappa shape index (κ2) is 9.72. The molecule has 10 nitrogen and oxygen atoms in total. The molecular formula is C33H33N9O. The molecule has 7 rings (SSSR count). The highest BCUT2D eigenvalue weighted by atomic mass is 16.5. The van der Waals surface area contributed by atoms with Crippen LogP contribution in [-0.2, 0) is 11.0 Å². The van der Waals surface area contributed by atoms with Crippen LogP contribution in [0.5, 0.6) is 5.75 Å². The molecule has 0 fully saturated rings. The van der Waals surface area contributed by atoms with Crippen LogP contribution in [-0.4, -0.2) is 46.2 Å². The molecule has 1 aliphatic carbocycles. The van der Waals surface area contributed by atoms with Crippen molar-refractivity contribution >= 4 is 33.1 Å². The zero-order valence-electron chi connectivity index (χ0n) is 24.9. The summed E-state index contributed by atoms with van der Waals surface area (Å²) in [4.78, 5) is 0. The number of hydrogen-bond donors (Lipinski definition) is 3. The largest absolute Gasteiger partial charge is 0.474 e. The smallest absolute Gasteiger partial charge is 0.175 e. The van der Waals surface area contributed by atoms with Crippen LogP contribution in [0.15, 0.2) is 89.0 Å². The first-order chi connectivity index (χ1) is 20.9. The van der Waals surface area contributed by atoms with Gasteiger partial charge in [-0.15, -0.1) is 0 Å². The molecule has 3 N–H and O–H groups in total. The van der Waals surface area contributed by atoms with Crippen LogP contribution < -0.4 is 4.74 Å². The van der Waals surface area contributed by atoms with Crippen molar-refractivity contribution < 1.29 is 4.74 Å². The number of nitrogens with zero attached hydrogens (tertiary/aromatic N) is 6. The van der Waals surface area contributed by atoms with E-state index in [1.807, 2.05) is 42.5 Å². The van der Waals surface area contributed by atoms with E-state index in [-0.39, 0.29) is 0 Å². The standard InChI is InChI=1S/C33H33N9O/c1-7-11-18(2)32(23-12-8-14-25-29(23)37-40-34-25)21(5)19(3)20(4)22(6)33(32,24-13-9-15-26-30(24)38-41-35-26)43-28-17-10-16-27-31(28)39-42-36-27/h8-10,12-17H,2,7,11H2,1,3-6H3,(H,34,37,40)(H,35,38,41)(H,36,39,42). The zero-order valence-corrected chi connectivity index (χ0v) is 24.9. The second-order valence-corrected chi connectivity index (χ2v) is 11.3. The number of aromatic nitrogens is 9. The van der Waals surface area contributed by atoms with E-state index in [1.165, 1.54) is 5.57 Å². The van der Waals surface area contributed by atoms with E-state index < -0.39 is 11.0 Å². The average molecular weight is 572 g/mol. The van der Waals surface area contributed by atoms with Crippen LogP contribution in [0.25, 0.3) is 33.1 Å². The van der Waals surface area contributed by atoms with Gasteiger partial charge < -0.3 is 4.74 Å². The van der Waals surface area contributed by atoms with Crippen molar-refractivity contribution in [3.05, 3.63) is 100 Å². The molecule has 1 aliphatic rings. The van der Waals surface area contributed by atoms with Gasteiger partial charge in [-0.2, -0.15) is 46.2 Å². The maximum Gasteiger partial charge on any atom is 0.175 e. The fourth-order valence-electron chi connectivity index (χ4n) is 7.26. The summed E-state index contributed by atoms with van der Waals surface area (Å²) in [6, 6.07) is 18.0. The van der Waals surface area contributed by atoms with Crippen molar-refractivity contribution in [1.82, 2.24) is 46.2 Å².